The van der Waals surface area contributed by atoms with Gasteiger partial charge in [0.15, 0.2) is 5.88 Å². The molecule has 0 fully saturated rings. The fourth-order valence-electron chi connectivity index (χ4n) is 0.787. The number of hydrogen-bond donors (Lipinski definition) is 1. The minimum absolute atomic E-state index is 0.437. The van der Waals surface area contributed by atoms with Gasteiger partial charge in [-0.25, -0.2) is 0 Å². The van der Waals surface area contributed by atoms with Crippen molar-refractivity contribution in [2.24, 2.45) is 4.99 Å². The van der Waals surface area contributed by atoms with Gasteiger partial charge in [-0.3, -0.25) is 4.99 Å². The maximum absolute atomic E-state index is 5.38. The number of aliphatic imine (C=N–C) groups is 1. The summed E-state index contributed by atoms with van der Waals surface area (Å²) in [7, 11) is 1.71. The second-order valence-corrected chi connectivity index (χ2v) is 2.05. The van der Waals surface area contributed by atoms with Gasteiger partial charge in [-0.2, -0.15) is 0 Å². The lowest BCUT2D eigenvalue weighted by molar-refractivity contribution is 0.553. The van der Waals surface area contributed by atoms with Crippen molar-refractivity contribution in [1.29, 1.82) is 0 Å². The van der Waals surface area contributed by atoms with E-state index in [1.807, 2.05) is 6.92 Å². The lowest BCUT2D eigenvalue weighted by atomic mass is 10.3. The second kappa shape index (κ2) is 2.56. The zero-order valence-electron chi connectivity index (χ0n) is 6.09. The summed E-state index contributed by atoms with van der Waals surface area (Å²) in [5, 5.41) is 0. The molecule has 1 aromatic heterocycles. The van der Waals surface area contributed by atoms with Gasteiger partial charge in [-0.15, -0.1) is 0 Å². The molecule has 0 aliphatic rings. The van der Waals surface area contributed by atoms with Crippen LogP contribution in [0.4, 0.5) is 5.88 Å². The molecule has 2 N–H and O–H groups in total. The first-order chi connectivity index (χ1) is 4.74. The Hall–Kier alpha value is -1.25. The van der Waals surface area contributed by atoms with Crippen LogP contribution in [-0.4, -0.2) is 13.3 Å². The van der Waals surface area contributed by atoms with Crippen molar-refractivity contribution in [2.75, 3.05) is 12.8 Å². The monoisotopic (exact) mass is 138 g/mol. The second-order valence-electron chi connectivity index (χ2n) is 2.05. The van der Waals surface area contributed by atoms with E-state index in [2.05, 4.69) is 4.99 Å². The highest BCUT2D eigenvalue weighted by Crippen LogP contribution is 2.13. The summed E-state index contributed by atoms with van der Waals surface area (Å²) in [4.78, 5) is 3.84. The van der Waals surface area contributed by atoms with Crippen molar-refractivity contribution in [3.63, 3.8) is 0 Å². The largest absolute Gasteiger partial charge is 0.446 e. The number of hydrogen-bond acceptors (Lipinski definition) is 3. The molecule has 0 saturated carbocycles. The van der Waals surface area contributed by atoms with Crippen molar-refractivity contribution < 1.29 is 4.42 Å². The smallest absolute Gasteiger partial charge is 0.191 e. The molecule has 1 heterocycles. The molecule has 0 atom stereocenters. The standard InChI is InChI=1S/C7H10N2O/c1-5-6(4-9-2)3-7(8)10-5/h3-4H,8H2,1-2H3. The maximum atomic E-state index is 5.38. The molecule has 54 valence electrons. The van der Waals surface area contributed by atoms with Crippen LogP contribution in [0.2, 0.25) is 0 Å². The molecule has 0 aromatic carbocycles. The normalized spacial score (nSPS) is 11.0. The zero-order valence-corrected chi connectivity index (χ0v) is 6.09. The third-order valence-electron chi connectivity index (χ3n) is 1.24. The van der Waals surface area contributed by atoms with E-state index in [9.17, 15) is 0 Å². The number of anilines is 1. The van der Waals surface area contributed by atoms with E-state index in [1.165, 1.54) is 0 Å². The van der Waals surface area contributed by atoms with E-state index in [0.29, 0.717) is 5.88 Å². The number of aryl methyl sites for hydroxylation is 1. The lowest BCUT2D eigenvalue weighted by Crippen LogP contribution is -1.78. The number of nitrogens with zero attached hydrogens (tertiary/aromatic N) is 1. The van der Waals surface area contributed by atoms with Gasteiger partial charge < -0.3 is 10.2 Å². The molecular weight excluding hydrogens is 128 g/mol. The Balaban J connectivity index is 3.03. The maximum Gasteiger partial charge on any atom is 0.191 e. The van der Waals surface area contributed by atoms with E-state index < -0.39 is 0 Å². The quantitative estimate of drug-likeness (QED) is 0.593. The third kappa shape index (κ3) is 1.18. The van der Waals surface area contributed by atoms with E-state index in [1.54, 1.807) is 19.3 Å². The summed E-state index contributed by atoms with van der Waals surface area (Å²) in [5.41, 5.74) is 6.33. The molecule has 3 nitrogen and oxygen atoms in total. The minimum Gasteiger partial charge on any atom is -0.446 e. The molecular formula is C7H10N2O. The molecule has 0 amide bonds. The minimum atomic E-state index is 0.437. The predicted molar refractivity (Wildman–Crippen MR) is 41.4 cm³/mol. The van der Waals surface area contributed by atoms with Crippen LogP contribution in [0, 0.1) is 6.92 Å². The highest BCUT2D eigenvalue weighted by atomic mass is 16.3. The number of nitrogen functional groups attached to an aromatic ring is 1. The molecule has 0 aliphatic carbocycles. The predicted octanol–water partition coefficient (Wildman–Crippen LogP) is 1.22. The van der Waals surface area contributed by atoms with E-state index in [0.717, 1.165) is 11.3 Å². The fraction of sp³-hybridized carbons (Fsp3) is 0.286. The number of rotatable bonds is 1. The van der Waals surface area contributed by atoms with Crippen LogP contribution in [0.3, 0.4) is 0 Å². The van der Waals surface area contributed by atoms with Crippen LogP contribution in [0.25, 0.3) is 0 Å². The van der Waals surface area contributed by atoms with E-state index in [4.69, 9.17) is 10.2 Å². The first kappa shape index (κ1) is 6.86. The number of furan rings is 1. The molecule has 1 rings (SSSR count). The average Bonchev–Trinajstić information content (AvgIpc) is 2.13. The van der Waals surface area contributed by atoms with Crippen molar-refractivity contribution in [3.05, 3.63) is 17.4 Å². The Morgan fingerprint density at radius 2 is 2.40 bits per heavy atom. The van der Waals surface area contributed by atoms with Gasteiger partial charge in [0.2, 0.25) is 0 Å². The molecule has 3 heteroatoms. The molecule has 0 bridgehead atoms. The summed E-state index contributed by atoms with van der Waals surface area (Å²) < 4.78 is 5.05. The molecule has 1 aromatic rings. The van der Waals surface area contributed by atoms with Gasteiger partial charge in [-0.1, -0.05) is 0 Å². The van der Waals surface area contributed by atoms with Crippen LogP contribution in [-0.2, 0) is 0 Å². The molecule has 0 aliphatic heterocycles. The Kier molecular flexibility index (Phi) is 1.76. The van der Waals surface area contributed by atoms with Crippen molar-refractivity contribution >= 4 is 12.1 Å². The summed E-state index contributed by atoms with van der Waals surface area (Å²) in [6.07, 6.45) is 1.72. The Morgan fingerprint density at radius 3 is 2.80 bits per heavy atom. The van der Waals surface area contributed by atoms with Crippen LogP contribution in [0.1, 0.15) is 11.3 Å². The van der Waals surface area contributed by atoms with E-state index >= 15 is 0 Å². The van der Waals surface area contributed by atoms with Crippen LogP contribution in [0.15, 0.2) is 15.5 Å². The first-order valence-corrected chi connectivity index (χ1v) is 3.02. The SMILES string of the molecule is CN=Cc1cc(N)oc1C. The van der Waals surface area contributed by atoms with Crippen molar-refractivity contribution in [3.8, 4) is 0 Å². The third-order valence-corrected chi connectivity index (χ3v) is 1.24. The Morgan fingerprint density at radius 1 is 1.70 bits per heavy atom. The van der Waals surface area contributed by atoms with Crippen LogP contribution in [0.5, 0.6) is 0 Å². The van der Waals surface area contributed by atoms with Crippen molar-refractivity contribution in [2.45, 2.75) is 6.92 Å². The van der Waals surface area contributed by atoms with Gasteiger partial charge in [0.25, 0.3) is 0 Å². The molecule has 0 radical (unpaired) electrons. The van der Waals surface area contributed by atoms with Gasteiger partial charge >= 0.3 is 0 Å². The van der Waals surface area contributed by atoms with Gasteiger partial charge in [-0.05, 0) is 6.92 Å². The molecule has 10 heavy (non-hydrogen) atoms. The summed E-state index contributed by atoms with van der Waals surface area (Å²) in [6, 6.07) is 1.75. The average molecular weight is 138 g/mol. The molecule has 0 spiro atoms. The first-order valence-electron chi connectivity index (χ1n) is 3.02. The Labute approximate surface area is 59.6 Å². The van der Waals surface area contributed by atoms with Gasteiger partial charge in [0.05, 0.1) is 0 Å². The van der Waals surface area contributed by atoms with Crippen LogP contribution < -0.4 is 5.73 Å². The van der Waals surface area contributed by atoms with Gasteiger partial charge in [0, 0.05) is 24.9 Å². The lowest BCUT2D eigenvalue weighted by Gasteiger charge is -1.82. The topological polar surface area (TPSA) is 51.5 Å². The highest BCUT2D eigenvalue weighted by Gasteiger charge is 1.99. The van der Waals surface area contributed by atoms with Gasteiger partial charge in [0.1, 0.15) is 5.76 Å². The fourth-order valence-corrected chi connectivity index (χ4v) is 0.787. The summed E-state index contributed by atoms with van der Waals surface area (Å²) in [6.45, 7) is 1.85. The summed E-state index contributed by atoms with van der Waals surface area (Å²) >= 11 is 0. The number of nitrogens with two attached hydrogens (primary N) is 1. The summed E-state index contributed by atoms with van der Waals surface area (Å²) in [5.74, 6) is 1.25. The molecule has 0 unspecified atom stereocenters. The molecule has 0 saturated heterocycles. The highest BCUT2D eigenvalue weighted by molar-refractivity contribution is 5.81. The Bertz CT molecular complexity index is 250. The van der Waals surface area contributed by atoms with Crippen molar-refractivity contribution in [1.82, 2.24) is 0 Å². The van der Waals surface area contributed by atoms with E-state index in [-0.39, 0.29) is 0 Å². The van der Waals surface area contributed by atoms with Crippen LogP contribution >= 0.6 is 0 Å². The zero-order chi connectivity index (χ0) is 7.56.